The van der Waals surface area contributed by atoms with Crippen LogP contribution in [0.25, 0.3) is 121 Å². The molecule has 6 heterocycles. The molecule has 19 rings (SSSR count). The van der Waals surface area contributed by atoms with E-state index in [1.165, 1.54) is 41.5 Å². The summed E-state index contributed by atoms with van der Waals surface area (Å²) >= 11 is 0. The number of hydrogen-bond donors (Lipinski definition) is 0. The van der Waals surface area contributed by atoms with Gasteiger partial charge in [0, 0.05) is 92.5 Å². The monoisotopic (exact) mass is 1250 g/mol. The van der Waals surface area contributed by atoms with E-state index in [4.69, 9.17) is 17.1 Å². The van der Waals surface area contributed by atoms with Crippen molar-refractivity contribution >= 4 is 145 Å². The molecule has 2 aliphatic heterocycles. The Morgan fingerprint density at radius 3 is 1.10 bits per heavy atom. The fraction of sp³-hybridized carbons (Fsp3) is 0.103. The smallest absolute Gasteiger partial charge is 0.252 e. The van der Waals surface area contributed by atoms with Crippen molar-refractivity contribution in [2.45, 2.75) is 59.2 Å². The van der Waals surface area contributed by atoms with Crippen LogP contribution >= 0.6 is 0 Å². The molecule has 0 spiro atoms. The Hall–Kier alpha value is -11.3. The van der Waals surface area contributed by atoms with Gasteiger partial charge in [0.05, 0.1) is 91.0 Å². The molecule has 0 saturated heterocycles. The number of para-hydroxylation sites is 6. The van der Waals surface area contributed by atoms with Gasteiger partial charge in [-0.3, -0.25) is 0 Å². The molecule has 0 fully saturated rings. The minimum absolute atomic E-state index is 0.329. The third-order valence-corrected chi connectivity index (χ3v) is 17.1. The van der Waals surface area contributed by atoms with Crippen LogP contribution in [0.1, 0.15) is 120 Å². The van der Waals surface area contributed by atoms with Crippen molar-refractivity contribution in [3.8, 4) is 33.6 Å². The van der Waals surface area contributed by atoms with Gasteiger partial charge in [-0.2, -0.15) is 0 Å². The Morgan fingerprint density at radius 2 is 0.723 bits per heavy atom. The van der Waals surface area contributed by atoms with Crippen LogP contribution in [0, 0.1) is 6.85 Å². The third-order valence-electron chi connectivity index (χ3n) is 17.1. The van der Waals surface area contributed by atoms with Crippen molar-refractivity contribution in [1.29, 1.82) is 0 Å². The van der Waals surface area contributed by atoms with Crippen molar-refractivity contribution in [1.82, 2.24) is 9.13 Å². The first-order chi connectivity index (χ1) is 64.5. The minimum Gasteiger partial charge on any atom is -0.454 e. The van der Waals surface area contributed by atoms with Gasteiger partial charge in [0.15, 0.2) is 11.2 Å². The summed E-state index contributed by atoms with van der Waals surface area (Å²) in [5, 5.41) is -4.99. The number of aryl methyl sites for hydroxylation is 1. The van der Waals surface area contributed by atoms with Gasteiger partial charge in [0.2, 0.25) is 0 Å². The highest BCUT2D eigenvalue weighted by Gasteiger charge is 2.47. The molecule has 0 radical (unpaired) electrons. The maximum Gasteiger partial charge on any atom is 0.252 e. The summed E-state index contributed by atoms with van der Waals surface area (Å²) in [7, 11) is 0. The third kappa shape index (κ3) is 7.79. The fourth-order valence-electron chi connectivity index (χ4n) is 13.3. The topological polar surface area (TPSA) is 42.6 Å². The summed E-state index contributed by atoms with van der Waals surface area (Å²) in [6, 6.07) is -44.0. The zero-order valence-corrected chi connectivity index (χ0v) is 49.8. The number of aromatic nitrogens is 2. The average molecular weight is 1250 g/mol. The molecule has 2 aliphatic rings. The molecule has 0 N–H and O–H groups in total. The molecule has 7 heteroatoms. The van der Waals surface area contributed by atoms with Crippen molar-refractivity contribution in [3.05, 3.63) is 283 Å². The van der Waals surface area contributed by atoms with Crippen molar-refractivity contribution in [3.63, 3.8) is 0 Å². The Bertz CT molecular complexity index is 8110. The van der Waals surface area contributed by atoms with E-state index in [0.29, 0.717) is 9.13 Å². The van der Waals surface area contributed by atoms with Gasteiger partial charge < -0.3 is 27.8 Å². The molecule has 13 aromatic carbocycles. The lowest BCUT2D eigenvalue weighted by atomic mass is 9.33. The van der Waals surface area contributed by atoms with Gasteiger partial charge >= 0.3 is 0 Å². The first-order valence-electron chi connectivity index (χ1n) is 51.8. The summed E-state index contributed by atoms with van der Waals surface area (Å²) in [4.78, 5) is 1.53. The second kappa shape index (κ2) is 19.9. The van der Waals surface area contributed by atoms with Gasteiger partial charge in [-0.05, 0) is 147 Å². The maximum absolute atomic E-state index is 11.7. The number of hydrogen-bond acceptors (Lipinski definition) is 4. The number of nitrogens with zero attached hydrogens (tertiary/aromatic N) is 4. The summed E-state index contributed by atoms with van der Waals surface area (Å²) in [5.74, 6) is 0. The normalized spacial score (nSPS) is 20.1. The molecule has 0 aliphatic carbocycles. The molecule has 94 heavy (non-hydrogen) atoms. The van der Waals surface area contributed by atoms with E-state index >= 15 is 0 Å². The van der Waals surface area contributed by atoms with E-state index in [1.54, 1.807) is 0 Å². The second-order valence-electron chi connectivity index (χ2n) is 24.5. The lowest BCUT2D eigenvalue weighted by molar-refractivity contribution is 0.595. The molecule has 6 nitrogen and oxygen atoms in total. The van der Waals surface area contributed by atoms with E-state index in [-0.39, 0.29) is 11.1 Å². The number of furan rings is 2. The Morgan fingerprint density at radius 1 is 0.372 bits per heavy atom. The van der Waals surface area contributed by atoms with E-state index in [0.717, 1.165) is 21.9 Å². The van der Waals surface area contributed by atoms with Gasteiger partial charge in [-0.1, -0.05) is 223 Å². The molecule has 4 aromatic heterocycles. The molecule has 0 saturated carbocycles. The number of fused-ring (bicyclic) bond motifs is 16. The van der Waals surface area contributed by atoms with Crippen LogP contribution < -0.4 is 26.2 Å². The quantitative estimate of drug-likeness (QED) is 0.156. The summed E-state index contributed by atoms with van der Waals surface area (Å²) in [5.41, 5.74) is -26.5. The highest BCUT2D eigenvalue weighted by Crippen LogP contribution is 2.56. The largest absolute Gasteiger partial charge is 0.454 e. The van der Waals surface area contributed by atoms with Crippen LogP contribution in [0.5, 0.6) is 0 Å². The second-order valence-corrected chi connectivity index (χ2v) is 24.5. The molecular weight excluding hydrogens is 1140 g/mol. The van der Waals surface area contributed by atoms with Crippen molar-refractivity contribution in [2.75, 3.05) is 9.80 Å². The Kier molecular flexibility index (Phi) is 5.50. The zero-order chi connectivity index (χ0) is 102. The molecule has 0 atom stereocenters. The van der Waals surface area contributed by atoms with Gasteiger partial charge in [-0.25, -0.2) is 0 Å². The molecule has 0 unspecified atom stereocenters. The van der Waals surface area contributed by atoms with Gasteiger partial charge in [0.25, 0.3) is 6.71 Å². The summed E-state index contributed by atoms with van der Waals surface area (Å²) in [6.07, 6.45) is 0. The Labute approximate surface area is 609 Å². The van der Waals surface area contributed by atoms with E-state index < -0.39 is 455 Å². The lowest BCUT2D eigenvalue weighted by Crippen LogP contribution is -2.61. The predicted octanol–water partition coefficient (Wildman–Crippen LogP) is 22.0. The SMILES string of the molecule is [2H]c1c([2H])c([2H])c(-c2c([2H])c(C(C)(C)C)c3c(oc4c([2H])c([2H])c([2H])c([2H])c43)c2N2c3cc(C([2H])([2H])[2H])cc4c3B(c3c([2H])c([2H])c(-n5c6c([2H])c([2H])c([2H])c([2H])c6c6c([2H])c([2H])c([2H])c([2H])c65)c([2H])c32)c2c([2H])c([2H])c(-n3c5c([2H])c([2H])c([2H])c([2H])c5c5c([2H])c([2H])c([2H])c([2H])c53)c([2H])c2N4c2c(-c3c([2H])c([2H])c([2H])c([2H])c3[2H])c([2H])c(C(C)(C)C)c3c2oc2c([2H])c([2H])c([2H])c([2H])c23)c([2H])c1[2H]. The van der Waals surface area contributed by atoms with Crippen LogP contribution in [-0.4, -0.2) is 15.8 Å². The van der Waals surface area contributed by atoms with E-state index in [2.05, 4.69) is 0 Å². The lowest BCUT2D eigenvalue weighted by Gasteiger charge is -2.45. The summed E-state index contributed by atoms with van der Waals surface area (Å²) in [6.45, 7) is 2.67. The average Bonchev–Trinajstić information content (AvgIpc) is 1.48. The van der Waals surface area contributed by atoms with Gasteiger partial charge in [-0.15, -0.1) is 0 Å². The molecule has 0 amide bonds. The molecule has 448 valence electrons. The predicted molar refractivity (Wildman–Crippen MR) is 397 cm³/mol. The number of anilines is 6. The fourth-order valence-corrected chi connectivity index (χ4v) is 13.3. The number of benzene rings is 13. The Balaban J connectivity index is 1.18. The first kappa shape index (κ1) is 26.0. The van der Waals surface area contributed by atoms with Crippen LogP contribution in [0.2, 0.25) is 0 Å². The molecule has 0 bridgehead atoms. The summed E-state index contributed by atoms with van der Waals surface area (Å²) < 4.78 is 459. The van der Waals surface area contributed by atoms with Crippen molar-refractivity contribution < 1.29 is 70.5 Å². The minimum atomic E-state index is -3.75. The highest BCUT2D eigenvalue weighted by molar-refractivity contribution is 7.00. The maximum atomic E-state index is 11.7. The van der Waals surface area contributed by atoms with Crippen LogP contribution in [0.4, 0.5) is 34.1 Å². The van der Waals surface area contributed by atoms with E-state index in [9.17, 15) is 53.5 Å². The zero-order valence-electron chi connectivity index (χ0n) is 94.8. The standard InChI is InChI=1S/C87H65BN4O2/c1-52-46-75-81-76(47-52)92(83-64(54-28-12-9-13-29-54)51-66(87(5,6)7)80-62-35-19-25-41-78(62)94-85(80)83)74-49-56(90-71-38-22-16-32-59(71)60-33-17-23-39-72(60)90)43-45-68(74)88(81)67-44-42-55(89-69-36-20-14-30-57(69)58-31-15-21-37-70(58)89)48-73(67)91(75)82-63(53-26-10-8-11-27-53)50-65(86(2,3)4)79-61-34-18-24-40-77(61)93-84(79)82/h8-51H,1-7H3/i1D3,8D,9D,10D,11D,12D,13D,14D,15D,16D,17D,18D,19D,20D,21D,22D,23D,24D,25D,26D,27D,28D,29D,30D,31D,32D,33D,34D,35D,36D,37D,38D,39D,40D,41D,42D,43D,44D,45D,48D,49D,50D,51D. The molecule has 17 aromatic rings. The van der Waals surface area contributed by atoms with Gasteiger partial charge in [0.1, 0.15) is 11.2 Å². The number of rotatable bonds is 6. The van der Waals surface area contributed by atoms with Crippen LogP contribution in [0.3, 0.4) is 0 Å². The van der Waals surface area contributed by atoms with Crippen LogP contribution in [-0.2, 0) is 10.8 Å². The van der Waals surface area contributed by atoms with Crippen LogP contribution in [0.15, 0.2) is 275 Å². The first-order valence-corrected chi connectivity index (χ1v) is 29.3. The highest BCUT2D eigenvalue weighted by atomic mass is 16.3. The van der Waals surface area contributed by atoms with Crippen molar-refractivity contribution in [2.24, 2.45) is 0 Å². The van der Waals surface area contributed by atoms with E-state index in [1.807, 2.05) is 0 Å². The molecular formula is C87H65BN4O2.